The van der Waals surface area contributed by atoms with E-state index >= 15 is 0 Å². The number of hydrogen-bond acceptors (Lipinski definition) is 7. The van der Waals surface area contributed by atoms with Crippen LogP contribution in [0.4, 0.5) is 0 Å². The van der Waals surface area contributed by atoms with Gasteiger partial charge in [0.25, 0.3) is 0 Å². The average Bonchev–Trinajstić information content (AvgIpc) is 3.51. The van der Waals surface area contributed by atoms with Crippen molar-refractivity contribution < 1.29 is 4.52 Å². The van der Waals surface area contributed by atoms with E-state index in [4.69, 9.17) is 4.52 Å². The van der Waals surface area contributed by atoms with Crippen LogP contribution in [-0.4, -0.2) is 35.6 Å². The van der Waals surface area contributed by atoms with Gasteiger partial charge in [-0.2, -0.15) is 4.98 Å². The molecule has 0 aliphatic rings. The molecule has 2 aromatic carbocycles. The lowest BCUT2D eigenvalue weighted by Crippen LogP contribution is -2.00. The lowest BCUT2D eigenvalue weighted by Gasteiger charge is -2.10. The molecular formula is C24H20N6OS. The largest absolute Gasteiger partial charge is 0.339 e. The van der Waals surface area contributed by atoms with Crippen molar-refractivity contribution in [2.75, 3.05) is 5.75 Å². The number of benzene rings is 2. The van der Waals surface area contributed by atoms with Crippen molar-refractivity contribution in [2.24, 2.45) is 0 Å². The van der Waals surface area contributed by atoms with Crippen molar-refractivity contribution in [3.8, 4) is 28.5 Å². The van der Waals surface area contributed by atoms with E-state index in [1.807, 2.05) is 60.7 Å². The summed E-state index contributed by atoms with van der Waals surface area (Å²) in [6, 6.07) is 24.0. The van der Waals surface area contributed by atoms with Gasteiger partial charge >= 0.3 is 0 Å². The van der Waals surface area contributed by atoms with Crippen LogP contribution < -0.4 is 0 Å². The van der Waals surface area contributed by atoms with Gasteiger partial charge in [-0.05, 0) is 30.7 Å². The number of hydrogen-bond donors (Lipinski definition) is 0. The standard InChI is InChI=1S/C24H20N6OS/c1-3-8-19(9-4-1)23-27-28-24(30(23)20-10-5-2-6-11-20)32-17-7-12-21-26-22(29-31-21)18-13-15-25-16-14-18/h1-6,8-11,13-16H,7,12,17H2. The van der Waals surface area contributed by atoms with Crippen LogP contribution in [0.2, 0.25) is 0 Å². The second kappa shape index (κ2) is 9.57. The van der Waals surface area contributed by atoms with Gasteiger partial charge < -0.3 is 4.52 Å². The molecule has 0 atom stereocenters. The highest BCUT2D eigenvalue weighted by Crippen LogP contribution is 2.28. The Balaban J connectivity index is 1.28. The maximum Gasteiger partial charge on any atom is 0.226 e. The summed E-state index contributed by atoms with van der Waals surface area (Å²) in [6.45, 7) is 0. The third-order valence-electron chi connectivity index (χ3n) is 4.85. The minimum absolute atomic E-state index is 0.589. The zero-order valence-electron chi connectivity index (χ0n) is 17.2. The summed E-state index contributed by atoms with van der Waals surface area (Å²) >= 11 is 1.67. The number of para-hydroxylation sites is 1. The Labute approximate surface area is 189 Å². The van der Waals surface area contributed by atoms with Crippen molar-refractivity contribution in [3.63, 3.8) is 0 Å². The number of aromatic nitrogens is 6. The van der Waals surface area contributed by atoms with Crippen molar-refractivity contribution in [2.45, 2.75) is 18.0 Å². The molecular weight excluding hydrogens is 420 g/mol. The topological polar surface area (TPSA) is 82.5 Å². The van der Waals surface area contributed by atoms with Crippen LogP contribution in [-0.2, 0) is 6.42 Å². The molecule has 0 saturated carbocycles. The predicted octanol–water partition coefficient (Wildman–Crippen LogP) is 5.10. The van der Waals surface area contributed by atoms with Crippen molar-refractivity contribution in [1.82, 2.24) is 29.9 Å². The Morgan fingerprint density at radius 3 is 2.34 bits per heavy atom. The highest BCUT2D eigenvalue weighted by atomic mass is 32.2. The highest BCUT2D eigenvalue weighted by molar-refractivity contribution is 7.99. The summed E-state index contributed by atoms with van der Waals surface area (Å²) < 4.78 is 7.51. The van der Waals surface area contributed by atoms with Crippen LogP contribution in [0, 0.1) is 0 Å². The first-order valence-electron chi connectivity index (χ1n) is 10.3. The Morgan fingerprint density at radius 1 is 0.812 bits per heavy atom. The normalized spacial score (nSPS) is 11.0. The first kappa shape index (κ1) is 20.1. The van der Waals surface area contributed by atoms with E-state index in [9.17, 15) is 0 Å². The minimum Gasteiger partial charge on any atom is -0.339 e. The molecule has 3 aromatic heterocycles. The van der Waals surface area contributed by atoms with Gasteiger partial charge in [0.15, 0.2) is 11.0 Å². The maximum absolute atomic E-state index is 5.40. The Kier molecular flexibility index (Phi) is 6.02. The van der Waals surface area contributed by atoms with Crippen LogP contribution in [0.1, 0.15) is 12.3 Å². The monoisotopic (exact) mass is 440 g/mol. The molecule has 0 radical (unpaired) electrons. The Hall–Kier alpha value is -3.78. The molecule has 0 amide bonds. The molecule has 32 heavy (non-hydrogen) atoms. The summed E-state index contributed by atoms with van der Waals surface area (Å²) in [5.41, 5.74) is 2.97. The molecule has 0 N–H and O–H groups in total. The molecule has 3 heterocycles. The third-order valence-corrected chi connectivity index (χ3v) is 5.87. The number of nitrogens with zero attached hydrogens (tertiary/aromatic N) is 6. The van der Waals surface area contributed by atoms with Crippen LogP contribution in [0.25, 0.3) is 28.5 Å². The smallest absolute Gasteiger partial charge is 0.226 e. The Bertz CT molecular complexity index is 1270. The molecule has 0 aliphatic carbocycles. The zero-order valence-corrected chi connectivity index (χ0v) is 18.0. The minimum atomic E-state index is 0.589. The summed E-state index contributed by atoms with van der Waals surface area (Å²) in [5, 5.41) is 13.9. The van der Waals surface area contributed by atoms with Crippen LogP contribution in [0.3, 0.4) is 0 Å². The predicted molar refractivity (Wildman–Crippen MR) is 123 cm³/mol. The van der Waals surface area contributed by atoms with Gasteiger partial charge in [0.2, 0.25) is 11.7 Å². The zero-order chi connectivity index (χ0) is 21.6. The summed E-state index contributed by atoms with van der Waals surface area (Å²) in [5.74, 6) is 2.91. The van der Waals surface area contributed by atoms with Gasteiger partial charge in [0, 0.05) is 41.4 Å². The van der Waals surface area contributed by atoms with E-state index < -0.39 is 0 Å². The van der Waals surface area contributed by atoms with Gasteiger partial charge in [0.1, 0.15) is 0 Å². The van der Waals surface area contributed by atoms with Gasteiger partial charge in [-0.1, -0.05) is 65.4 Å². The van der Waals surface area contributed by atoms with Gasteiger partial charge in [-0.15, -0.1) is 10.2 Å². The van der Waals surface area contributed by atoms with Crippen molar-refractivity contribution in [1.29, 1.82) is 0 Å². The molecule has 5 aromatic rings. The molecule has 5 rings (SSSR count). The van der Waals surface area contributed by atoms with Gasteiger partial charge in [0.05, 0.1) is 0 Å². The number of thioether (sulfide) groups is 1. The quantitative estimate of drug-likeness (QED) is 0.245. The van der Waals surface area contributed by atoms with Gasteiger partial charge in [-0.3, -0.25) is 9.55 Å². The second-order valence-electron chi connectivity index (χ2n) is 7.04. The molecule has 7 nitrogen and oxygen atoms in total. The number of pyridine rings is 1. The number of aryl methyl sites for hydroxylation is 1. The molecule has 0 bridgehead atoms. The van der Waals surface area contributed by atoms with Crippen LogP contribution >= 0.6 is 11.8 Å². The lowest BCUT2D eigenvalue weighted by atomic mass is 10.2. The van der Waals surface area contributed by atoms with Gasteiger partial charge in [-0.25, -0.2) is 0 Å². The second-order valence-corrected chi connectivity index (χ2v) is 8.10. The molecule has 158 valence electrons. The molecule has 0 spiro atoms. The maximum atomic E-state index is 5.40. The van der Waals surface area contributed by atoms with Crippen LogP contribution in [0.15, 0.2) is 94.9 Å². The lowest BCUT2D eigenvalue weighted by molar-refractivity contribution is 0.378. The molecule has 8 heteroatoms. The third kappa shape index (κ3) is 4.45. The molecule has 0 aliphatic heterocycles. The fraction of sp³-hybridized carbons (Fsp3) is 0.125. The first-order chi connectivity index (χ1) is 15.9. The van der Waals surface area contributed by atoms with E-state index in [0.717, 1.165) is 40.0 Å². The van der Waals surface area contributed by atoms with E-state index in [1.165, 1.54) is 0 Å². The van der Waals surface area contributed by atoms with E-state index in [-0.39, 0.29) is 0 Å². The summed E-state index contributed by atoms with van der Waals surface area (Å²) in [6.07, 6.45) is 5.02. The van der Waals surface area contributed by atoms with E-state index in [1.54, 1.807) is 24.2 Å². The van der Waals surface area contributed by atoms with Crippen molar-refractivity contribution in [3.05, 3.63) is 91.1 Å². The molecule has 0 unspecified atom stereocenters. The van der Waals surface area contributed by atoms with E-state index in [2.05, 4.69) is 42.0 Å². The molecule has 0 saturated heterocycles. The average molecular weight is 441 g/mol. The van der Waals surface area contributed by atoms with Crippen LogP contribution in [0.5, 0.6) is 0 Å². The van der Waals surface area contributed by atoms with Crippen molar-refractivity contribution >= 4 is 11.8 Å². The highest BCUT2D eigenvalue weighted by Gasteiger charge is 2.16. The fourth-order valence-corrected chi connectivity index (χ4v) is 4.20. The summed E-state index contributed by atoms with van der Waals surface area (Å²) in [4.78, 5) is 8.50. The first-order valence-corrected chi connectivity index (χ1v) is 11.3. The summed E-state index contributed by atoms with van der Waals surface area (Å²) in [7, 11) is 0. The fourth-order valence-electron chi connectivity index (χ4n) is 3.31. The Morgan fingerprint density at radius 2 is 1.56 bits per heavy atom. The SMILES string of the molecule is c1ccc(-c2nnc(SCCCc3nc(-c4ccncc4)no3)n2-c2ccccc2)cc1. The number of rotatable bonds is 8. The molecule has 0 fully saturated rings. The van der Waals surface area contributed by atoms with E-state index in [0.29, 0.717) is 18.1 Å².